The van der Waals surface area contributed by atoms with Crippen LogP contribution in [-0.2, 0) is 0 Å². The largest absolute Gasteiger partial charge is 0.366 e. The van der Waals surface area contributed by atoms with Crippen molar-refractivity contribution in [2.75, 3.05) is 18.0 Å². The summed E-state index contributed by atoms with van der Waals surface area (Å²) in [7, 11) is 0. The lowest BCUT2D eigenvalue weighted by atomic mass is 10.1. The Morgan fingerprint density at radius 2 is 1.95 bits per heavy atom. The third-order valence-corrected chi connectivity index (χ3v) is 5.03. The number of anilines is 1. The van der Waals surface area contributed by atoms with Gasteiger partial charge in [-0.05, 0) is 44.2 Å². The van der Waals surface area contributed by atoms with Crippen molar-refractivity contribution in [2.24, 2.45) is 0 Å². The molecule has 0 N–H and O–H groups in total. The van der Waals surface area contributed by atoms with Crippen LogP contribution in [0.4, 0.5) is 10.1 Å². The predicted octanol–water partition coefficient (Wildman–Crippen LogP) is 5.76. The summed E-state index contributed by atoms with van der Waals surface area (Å²) in [5, 5.41) is 0.181. The summed E-state index contributed by atoms with van der Waals surface area (Å²) < 4.78 is 13.7. The van der Waals surface area contributed by atoms with Crippen LogP contribution < -0.4 is 4.90 Å². The number of rotatable bonds is 3. The maximum Gasteiger partial charge on any atom is 0.142 e. The number of likely N-dealkylation sites (N-methyl/N-ethyl adjacent to an activating group) is 1. The number of hydrogen-bond donors (Lipinski definition) is 0. The standard InChI is InChI=1S/C18H17ClFNS/c1-3-21-11-15(22-14-6-4-12(2)5-7-14)8-13-9-17(20)16(19)10-18(13)21/h4-10H,3,11H2,1-2H3. The topological polar surface area (TPSA) is 3.24 Å². The van der Waals surface area contributed by atoms with Gasteiger partial charge in [-0.1, -0.05) is 41.1 Å². The molecule has 0 radical (unpaired) electrons. The molecule has 22 heavy (non-hydrogen) atoms. The average molecular weight is 334 g/mol. The number of benzene rings is 2. The fourth-order valence-electron chi connectivity index (χ4n) is 2.54. The van der Waals surface area contributed by atoms with Crippen LogP contribution in [-0.4, -0.2) is 13.1 Å². The zero-order valence-electron chi connectivity index (χ0n) is 12.6. The third-order valence-electron chi connectivity index (χ3n) is 3.73. The van der Waals surface area contributed by atoms with Gasteiger partial charge in [-0.3, -0.25) is 0 Å². The summed E-state index contributed by atoms with van der Waals surface area (Å²) in [6.07, 6.45) is 2.06. The minimum atomic E-state index is -0.366. The molecule has 1 nitrogen and oxygen atoms in total. The van der Waals surface area contributed by atoms with Crippen molar-refractivity contribution < 1.29 is 4.39 Å². The van der Waals surface area contributed by atoms with Crippen LogP contribution in [0.5, 0.6) is 0 Å². The zero-order chi connectivity index (χ0) is 15.7. The highest BCUT2D eigenvalue weighted by molar-refractivity contribution is 8.03. The van der Waals surface area contributed by atoms with Crippen LogP contribution in [0.3, 0.4) is 0 Å². The Hall–Kier alpha value is -1.45. The molecule has 1 aliphatic rings. The van der Waals surface area contributed by atoms with Gasteiger partial charge in [0.05, 0.1) is 5.02 Å². The van der Waals surface area contributed by atoms with E-state index >= 15 is 0 Å². The quantitative estimate of drug-likeness (QED) is 0.702. The van der Waals surface area contributed by atoms with E-state index in [2.05, 4.69) is 49.1 Å². The molecule has 0 spiro atoms. The molecule has 0 atom stereocenters. The van der Waals surface area contributed by atoms with Gasteiger partial charge in [0.2, 0.25) is 0 Å². The summed E-state index contributed by atoms with van der Waals surface area (Å²) in [6.45, 7) is 5.86. The molecule has 0 aromatic heterocycles. The van der Waals surface area contributed by atoms with E-state index in [9.17, 15) is 4.39 Å². The second-order valence-electron chi connectivity index (χ2n) is 5.37. The maximum absolute atomic E-state index is 13.7. The Bertz CT molecular complexity index is 725. The Morgan fingerprint density at radius 1 is 1.23 bits per heavy atom. The van der Waals surface area contributed by atoms with E-state index in [1.165, 1.54) is 21.4 Å². The Morgan fingerprint density at radius 3 is 2.64 bits per heavy atom. The average Bonchev–Trinajstić information content (AvgIpc) is 2.50. The van der Waals surface area contributed by atoms with Crippen molar-refractivity contribution in [3.63, 3.8) is 0 Å². The number of thioether (sulfide) groups is 1. The lowest BCUT2D eigenvalue weighted by molar-refractivity contribution is 0.627. The molecule has 0 amide bonds. The zero-order valence-corrected chi connectivity index (χ0v) is 14.1. The van der Waals surface area contributed by atoms with Gasteiger partial charge < -0.3 is 4.90 Å². The highest BCUT2D eigenvalue weighted by Crippen LogP contribution is 2.38. The van der Waals surface area contributed by atoms with Gasteiger partial charge in [0.25, 0.3) is 0 Å². The first-order valence-electron chi connectivity index (χ1n) is 7.26. The summed E-state index contributed by atoms with van der Waals surface area (Å²) in [4.78, 5) is 4.63. The molecule has 2 aromatic carbocycles. The highest BCUT2D eigenvalue weighted by atomic mass is 35.5. The summed E-state index contributed by atoms with van der Waals surface area (Å²) >= 11 is 7.65. The van der Waals surface area contributed by atoms with Crippen molar-refractivity contribution in [2.45, 2.75) is 18.7 Å². The Kier molecular flexibility index (Phi) is 4.46. The van der Waals surface area contributed by atoms with Crippen molar-refractivity contribution >= 4 is 35.1 Å². The van der Waals surface area contributed by atoms with Gasteiger partial charge in [0.15, 0.2) is 0 Å². The lowest BCUT2D eigenvalue weighted by Gasteiger charge is -2.30. The molecule has 0 bridgehead atoms. The van der Waals surface area contributed by atoms with Crippen LogP contribution >= 0.6 is 23.4 Å². The third kappa shape index (κ3) is 3.16. The van der Waals surface area contributed by atoms with Gasteiger partial charge in [0.1, 0.15) is 5.82 Å². The monoisotopic (exact) mass is 333 g/mol. The van der Waals surface area contributed by atoms with Gasteiger partial charge in [-0.15, -0.1) is 0 Å². The fraction of sp³-hybridized carbons (Fsp3) is 0.222. The molecule has 0 fully saturated rings. The first kappa shape index (κ1) is 15.4. The minimum absolute atomic E-state index is 0.181. The van der Waals surface area contributed by atoms with Crippen molar-refractivity contribution in [3.8, 4) is 0 Å². The van der Waals surface area contributed by atoms with E-state index in [0.29, 0.717) is 0 Å². The molecule has 0 unspecified atom stereocenters. The molecule has 0 aliphatic carbocycles. The number of nitrogens with zero attached hydrogens (tertiary/aromatic N) is 1. The number of hydrogen-bond acceptors (Lipinski definition) is 2. The molecule has 0 saturated heterocycles. The molecule has 1 heterocycles. The molecule has 3 rings (SSSR count). The first-order chi connectivity index (χ1) is 10.6. The van der Waals surface area contributed by atoms with Gasteiger partial charge in [-0.25, -0.2) is 4.39 Å². The molecule has 2 aromatic rings. The van der Waals surface area contributed by atoms with E-state index < -0.39 is 0 Å². The van der Waals surface area contributed by atoms with Crippen LogP contribution in [0, 0.1) is 12.7 Å². The SMILES string of the molecule is CCN1CC(Sc2ccc(C)cc2)=Cc2cc(F)c(Cl)cc21. The van der Waals surface area contributed by atoms with Crippen molar-refractivity contribution in [1.29, 1.82) is 0 Å². The van der Waals surface area contributed by atoms with Crippen LogP contribution in [0.15, 0.2) is 46.2 Å². The molecule has 4 heteroatoms. The molecular weight excluding hydrogens is 317 g/mol. The normalized spacial score (nSPS) is 13.8. The van der Waals surface area contributed by atoms with Gasteiger partial charge >= 0.3 is 0 Å². The summed E-state index contributed by atoms with van der Waals surface area (Å²) in [5.41, 5.74) is 3.14. The molecule has 114 valence electrons. The van der Waals surface area contributed by atoms with Crippen LogP contribution in [0.1, 0.15) is 18.1 Å². The number of halogens is 2. The number of aryl methyl sites for hydroxylation is 1. The first-order valence-corrected chi connectivity index (χ1v) is 8.45. The lowest BCUT2D eigenvalue weighted by Crippen LogP contribution is -2.27. The van der Waals surface area contributed by atoms with Crippen LogP contribution in [0.25, 0.3) is 6.08 Å². The molecular formula is C18H17ClFNS. The van der Waals surface area contributed by atoms with Crippen LogP contribution in [0.2, 0.25) is 5.02 Å². The Balaban J connectivity index is 1.94. The van der Waals surface area contributed by atoms with Crippen molar-refractivity contribution in [1.82, 2.24) is 0 Å². The maximum atomic E-state index is 13.7. The van der Waals surface area contributed by atoms with E-state index in [-0.39, 0.29) is 10.8 Å². The van der Waals surface area contributed by atoms with E-state index in [1.807, 2.05) is 0 Å². The van der Waals surface area contributed by atoms with Gasteiger partial charge in [0, 0.05) is 34.1 Å². The van der Waals surface area contributed by atoms with E-state index in [1.54, 1.807) is 17.8 Å². The smallest absolute Gasteiger partial charge is 0.142 e. The molecule has 0 saturated carbocycles. The fourth-order valence-corrected chi connectivity index (χ4v) is 3.67. The second kappa shape index (κ2) is 6.35. The summed E-state index contributed by atoms with van der Waals surface area (Å²) in [5.74, 6) is -0.366. The second-order valence-corrected chi connectivity index (χ2v) is 6.97. The summed E-state index contributed by atoms with van der Waals surface area (Å²) in [6, 6.07) is 11.7. The van der Waals surface area contributed by atoms with E-state index in [0.717, 1.165) is 24.3 Å². The van der Waals surface area contributed by atoms with Crippen molar-refractivity contribution in [3.05, 3.63) is 63.3 Å². The Labute approximate surface area is 139 Å². The highest BCUT2D eigenvalue weighted by Gasteiger charge is 2.19. The van der Waals surface area contributed by atoms with E-state index in [4.69, 9.17) is 11.6 Å². The number of fused-ring (bicyclic) bond motifs is 1. The minimum Gasteiger partial charge on any atom is -0.366 e. The van der Waals surface area contributed by atoms with Gasteiger partial charge in [-0.2, -0.15) is 0 Å². The molecule has 1 aliphatic heterocycles. The predicted molar refractivity (Wildman–Crippen MR) is 94.3 cm³/mol.